The van der Waals surface area contributed by atoms with E-state index in [4.69, 9.17) is 18.9 Å². The second kappa shape index (κ2) is 10.3. The molecule has 192 valence electrons. The predicted molar refractivity (Wildman–Crippen MR) is 130 cm³/mol. The zero-order chi connectivity index (χ0) is 25.2. The van der Waals surface area contributed by atoms with Gasteiger partial charge in [0.2, 0.25) is 18.6 Å². The SMILES string of the molecule is CN(C)CC(=O)Nc1ccc2c(c1)[C@@H]1C[C@H](CC(=O)NCc3ccc4c(c3)OCO4)O[C@H](CO)[C@@H]1O2. The maximum absolute atomic E-state index is 12.7. The Hall–Kier alpha value is -3.34. The minimum absolute atomic E-state index is 0.0525. The molecule has 0 aromatic heterocycles. The Morgan fingerprint density at radius 3 is 2.67 bits per heavy atom. The molecule has 2 aromatic rings. The molecule has 3 aliphatic heterocycles. The molecule has 0 spiro atoms. The van der Waals surface area contributed by atoms with Crippen LogP contribution in [0.5, 0.6) is 17.2 Å². The molecule has 0 bridgehead atoms. The molecule has 4 atom stereocenters. The van der Waals surface area contributed by atoms with Crippen molar-refractivity contribution in [1.29, 1.82) is 0 Å². The summed E-state index contributed by atoms with van der Waals surface area (Å²) in [6.45, 7) is 0.634. The molecule has 3 heterocycles. The van der Waals surface area contributed by atoms with Crippen LogP contribution < -0.4 is 24.8 Å². The van der Waals surface area contributed by atoms with Crippen LogP contribution in [-0.2, 0) is 20.9 Å². The van der Waals surface area contributed by atoms with E-state index in [1.54, 1.807) is 11.0 Å². The minimum atomic E-state index is -0.547. The molecule has 0 aliphatic carbocycles. The summed E-state index contributed by atoms with van der Waals surface area (Å²) in [5.41, 5.74) is 2.55. The van der Waals surface area contributed by atoms with Crippen LogP contribution in [-0.4, -0.2) is 74.2 Å². The number of carbonyl (C=O) groups excluding carboxylic acids is 2. The van der Waals surface area contributed by atoms with E-state index >= 15 is 0 Å². The molecule has 10 nitrogen and oxygen atoms in total. The van der Waals surface area contributed by atoms with Crippen LogP contribution in [0.4, 0.5) is 5.69 Å². The highest BCUT2D eigenvalue weighted by Crippen LogP contribution is 2.47. The van der Waals surface area contributed by atoms with Gasteiger partial charge in [0, 0.05) is 23.7 Å². The molecule has 0 saturated carbocycles. The number of benzene rings is 2. The second-order valence-corrected chi connectivity index (χ2v) is 9.61. The fourth-order valence-electron chi connectivity index (χ4n) is 4.99. The van der Waals surface area contributed by atoms with Gasteiger partial charge in [-0.05, 0) is 56.4 Å². The maximum Gasteiger partial charge on any atom is 0.238 e. The van der Waals surface area contributed by atoms with Gasteiger partial charge >= 0.3 is 0 Å². The third-order valence-corrected chi connectivity index (χ3v) is 6.58. The monoisotopic (exact) mass is 497 g/mol. The lowest BCUT2D eigenvalue weighted by atomic mass is 9.84. The van der Waals surface area contributed by atoms with E-state index in [0.717, 1.165) is 11.1 Å². The van der Waals surface area contributed by atoms with Gasteiger partial charge in [0.05, 0.1) is 25.7 Å². The molecule has 0 unspecified atom stereocenters. The number of rotatable bonds is 8. The molecule has 5 rings (SSSR count). The Labute approximate surface area is 209 Å². The summed E-state index contributed by atoms with van der Waals surface area (Å²) in [5, 5.41) is 15.8. The molecule has 1 saturated heterocycles. The Bertz CT molecular complexity index is 1140. The van der Waals surface area contributed by atoms with Gasteiger partial charge in [-0.15, -0.1) is 0 Å². The quantitative estimate of drug-likeness (QED) is 0.504. The average molecular weight is 498 g/mol. The summed E-state index contributed by atoms with van der Waals surface area (Å²) in [6, 6.07) is 11.1. The fourth-order valence-corrected chi connectivity index (χ4v) is 4.99. The number of nitrogens with one attached hydrogen (secondary N) is 2. The number of aliphatic hydroxyl groups is 1. The van der Waals surface area contributed by atoms with Crippen molar-refractivity contribution < 1.29 is 33.6 Å². The normalized spacial score (nSPS) is 23.6. The molecular formula is C26H31N3O7. The van der Waals surface area contributed by atoms with E-state index in [1.165, 1.54) is 0 Å². The van der Waals surface area contributed by atoms with Gasteiger partial charge < -0.3 is 39.6 Å². The van der Waals surface area contributed by atoms with Crippen molar-refractivity contribution in [2.45, 2.75) is 43.6 Å². The lowest BCUT2D eigenvalue weighted by molar-refractivity contribution is -0.142. The van der Waals surface area contributed by atoms with Crippen molar-refractivity contribution in [1.82, 2.24) is 10.2 Å². The molecule has 0 radical (unpaired) electrons. The van der Waals surface area contributed by atoms with Crippen LogP contribution in [0.1, 0.15) is 29.9 Å². The maximum atomic E-state index is 12.7. The van der Waals surface area contributed by atoms with Gasteiger partial charge in [-0.3, -0.25) is 9.59 Å². The first-order valence-corrected chi connectivity index (χ1v) is 12.1. The highest BCUT2D eigenvalue weighted by Gasteiger charge is 2.46. The average Bonchev–Trinajstić information content (AvgIpc) is 3.46. The summed E-state index contributed by atoms with van der Waals surface area (Å²) >= 11 is 0. The molecule has 10 heteroatoms. The first kappa shape index (κ1) is 24.4. The third kappa shape index (κ3) is 5.25. The van der Waals surface area contributed by atoms with E-state index in [2.05, 4.69) is 10.6 Å². The smallest absolute Gasteiger partial charge is 0.238 e. The van der Waals surface area contributed by atoms with Gasteiger partial charge in [0.25, 0.3) is 0 Å². The van der Waals surface area contributed by atoms with E-state index < -0.39 is 6.10 Å². The number of nitrogens with zero attached hydrogens (tertiary/aromatic N) is 1. The van der Waals surface area contributed by atoms with Crippen molar-refractivity contribution in [2.24, 2.45) is 0 Å². The van der Waals surface area contributed by atoms with Crippen molar-refractivity contribution in [3.63, 3.8) is 0 Å². The Morgan fingerprint density at radius 2 is 1.86 bits per heavy atom. The van der Waals surface area contributed by atoms with Crippen molar-refractivity contribution in [3.8, 4) is 17.2 Å². The molecule has 2 aromatic carbocycles. The van der Waals surface area contributed by atoms with Crippen LogP contribution >= 0.6 is 0 Å². The van der Waals surface area contributed by atoms with Gasteiger partial charge in [-0.1, -0.05) is 6.07 Å². The Balaban J connectivity index is 1.22. The molecule has 36 heavy (non-hydrogen) atoms. The number of carbonyl (C=O) groups is 2. The number of hydrogen-bond donors (Lipinski definition) is 3. The summed E-state index contributed by atoms with van der Waals surface area (Å²) in [6.07, 6.45) is -0.526. The molecule has 3 aliphatic rings. The lowest BCUT2D eigenvalue weighted by Gasteiger charge is -2.37. The zero-order valence-corrected chi connectivity index (χ0v) is 20.4. The number of amides is 2. The number of hydrogen-bond acceptors (Lipinski definition) is 8. The number of aliphatic hydroxyl groups excluding tert-OH is 1. The van der Waals surface area contributed by atoms with Crippen LogP contribution in [0.25, 0.3) is 0 Å². The van der Waals surface area contributed by atoms with Gasteiger partial charge in [-0.25, -0.2) is 0 Å². The Kier molecular flexibility index (Phi) is 6.99. The highest BCUT2D eigenvalue weighted by atomic mass is 16.7. The van der Waals surface area contributed by atoms with Crippen molar-refractivity contribution in [3.05, 3.63) is 47.5 Å². The highest BCUT2D eigenvalue weighted by molar-refractivity contribution is 5.92. The molecular weight excluding hydrogens is 466 g/mol. The van der Waals surface area contributed by atoms with E-state index in [1.807, 2.05) is 44.4 Å². The van der Waals surface area contributed by atoms with Crippen molar-refractivity contribution in [2.75, 3.05) is 39.4 Å². The number of ether oxygens (including phenoxy) is 4. The van der Waals surface area contributed by atoms with E-state index in [9.17, 15) is 14.7 Å². The number of anilines is 1. The summed E-state index contributed by atoms with van der Waals surface area (Å²) in [4.78, 5) is 26.7. The number of fused-ring (bicyclic) bond motifs is 4. The van der Waals surface area contributed by atoms with Gasteiger partial charge in [0.15, 0.2) is 11.5 Å². The van der Waals surface area contributed by atoms with E-state index in [0.29, 0.717) is 35.9 Å². The summed E-state index contributed by atoms with van der Waals surface area (Å²) in [5.74, 6) is 1.79. The van der Waals surface area contributed by atoms with Crippen molar-refractivity contribution >= 4 is 17.5 Å². The topological polar surface area (TPSA) is 119 Å². The van der Waals surface area contributed by atoms with Gasteiger partial charge in [-0.2, -0.15) is 0 Å². The summed E-state index contributed by atoms with van der Waals surface area (Å²) < 4.78 is 22.9. The molecule has 2 amide bonds. The third-order valence-electron chi connectivity index (χ3n) is 6.58. The number of likely N-dealkylation sites (N-methyl/N-ethyl adjacent to an activating group) is 1. The first-order chi connectivity index (χ1) is 17.4. The fraction of sp³-hybridized carbons (Fsp3) is 0.462. The second-order valence-electron chi connectivity index (χ2n) is 9.61. The lowest BCUT2D eigenvalue weighted by Crippen LogP contribution is -2.47. The predicted octanol–water partition coefficient (Wildman–Crippen LogP) is 1.62. The first-order valence-electron chi connectivity index (χ1n) is 12.1. The van der Waals surface area contributed by atoms with Crippen LogP contribution in [0.15, 0.2) is 36.4 Å². The van der Waals surface area contributed by atoms with Crippen LogP contribution in [0.3, 0.4) is 0 Å². The summed E-state index contributed by atoms with van der Waals surface area (Å²) in [7, 11) is 3.67. The molecule has 1 fully saturated rings. The molecule has 3 N–H and O–H groups in total. The zero-order valence-electron chi connectivity index (χ0n) is 20.4. The van der Waals surface area contributed by atoms with Crippen LogP contribution in [0, 0.1) is 0 Å². The Morgan fingerprint density at radius 1 is 1.06 bits per heavy atom. The van der Waals surface area contributed by atoms with Crippen LogP contribution in [0.2, 0.25) is 0 Å². The van der Waals surface area contributed by atoms with E-state index in [-0.39, 0.29) is 56.3 Å². The van der Waals surface area contributed by atoms with Gasteiger partial charge in [0.1, 0.15) is 18.0 Å². The largest absolute Gasteiger partial charge is 0.487 e. The minimum Gasteiger partial charge on any atom is -0.487 e. The standard InChI is InChI=1S/C26H31N3O7/c1-29(2)12-25(32)28-16-4-6-20-18(8-16)19-9-17(35-23(13-30)26(19)36-20)10-24(31)27-11-15-3-5-21-22(7-15)34-14-33-21/h3-8,17,19,23,26,30H,9-14H2,1-2H3,(H,27,31)(H,28,32)/t17-,19+,23-,26-/m1/s1.